The van der Waals surface area contributed by atoms with Crippen LogP contribution < -0.4 is 10.2 Å². The summed E-state index contributed by atoms with van der Waals surface area (Å²) < 4.78 is 0. The van der Waals surface area contributed by atoms with Crippen LogP contribution in [-0.4, -0.2) is 29.6 Å². The Morgan fingerprint density at radius 3 is 2.68 bits per heavy atom. The summed E-state index contributed by atoms with van der Waals surface area (Å²) in [7, 11) is 0. The highest BCUT2D eigenvalue weighted by Crippen LogP contribution is 2.29. The molecule has 1 unspecified atom stereocenters. The van der Waals surface area contributed by atoms with Gasteiger partial charge in [0, 0.05) is 25.2 Å². The van der Waals surface area contributed by atoms with Crippen molar-refractivity contribution in [3.05, 3.63) is 11.4 Å². The molecule has 0 saturated carbocycles. The third-order valence-corrected chi connectivity index (χ3v) is 3.94. The van der Waals surface area contributed by atoms with E-state index in [0.29, 0.717) is 0 Å². The van der Waals surface area contributed by atoms with Crippen LogP contribution in [0, 0.1) is 19.8 Å². The first-order valence-electron chi connectivity index (χ1n) is 7.49. The first-order valence-corrected chi connectivity index (χ1v) is 7.49. The molecule has 1 fully saturated rings. The zero-order chi connectivity index (χ0) is 13.8. The van der Waals surface area contributed by atoms with Gasteiger partial charge in [0.05, 0.1) is 0 Å². The fourth-order valence-electron chi connectivity index (χ4n) is 2.70. The van der Waals surface area contributed by atoms with E-state index in [4.69, 9.17) is 0 Å². The number of rotatable bonds is 5. The molecule has 0 bridgehead atoms. The van der Waals surface area contributed by atoms with Crippen molar-refractivity contribution in [3.63, 3.8) is 0 Å². The molecular weight excluding hydrogens is 236 g/mol. The Morgan fingerprint density at radius 2 is 2.05 bits per heavy atom. The standard InChI is InChI=1S/C15H26N4/c1-5-8-16-14-11(3)15(18-12(4)17-14)19-9-7-13(6-2)10-19/h13H,5-10H2,1-4H3,(H,16,17,18). The summed E-state index contributed by atoms with van der Waals surface area (Å²) in [5, 5.41) is 3.41. The minimum Gasteiger partial charge on any atom is -0.370 e. The van der Waals surface area contributed by atoms with Crippen molar-refractivity contribution >= 4 is 11.6 Å². The fourth-order valence-corrected chi connectivity index (χ4v) is 2.70. The molecule has 1 saturated heterocycles. The molecular formula is C15H26N4. The van der Waals surface area contributed by atoms with Gasteiger partial charge in [-0.25, -0.2) is 9.97 Å². The Balaban J connectivity index is 2.22. The predicted octanol–water partition coefficient (Wildman–Crippen LogP) is 3.15. The summed E-state index contributed by atoms with van der Waals surface area (Å²) in [5.74, 6) is 3.81. The number of hydrogen-bond donors (Lipinski definition) is 1. The first-order chi connectivity index (χ1) is 9.15. The smallest absolute Gasteiger partial charge is 0.137 e. The third kappa shape index (κ3) is 3.17. The molecule has 0 aromatic carbocycles. The molecule has 1 aromatic heterocycles. The molecule has 0 spiro atoms. The molecule has 1 aliphatic heterocycles. The highest BCUT2D eigenvalue weighted by molar-refractivity contribution is 5.59. The second kappa shape index (κ2) is 6.22. The largest absolute Gasteiger partial charge is 0.370 e. The van der Waals surface area contributed by atoms with Crippen LogP contribution in [0.2, 0.25) is 0 Å². The van der Waals surface area contributed by atoms with Crippen LogP contribution in [-0.2, 0) is 0 Å². The number of hydrogen-bond acceptors (Lipinski definition) is 4. The van der Waals surface area contributed by atoms with Gasteiger partial charge in [-0.3, -0.25) is 0 Å². The van der Waals surface area contributed by atoms with Crippen molar-refractivity contribution in [1.29, 1.82) is 0 Å². The maximum Gasteiger partial charge on any atom is 0.137 e. The molecule has 1 N–H and O–H groups in total. The Kier molecular flexibility index (Phi) is 4.61. The lowest BCUT2D eigenvalue weighted by molar-refractivity contribution is 0.568. The summed E-state index contributed by atoms with van der Waals surface area (Å²) in [6, 6.07) is 0. The van der Waals surface area contributed by atoms with Gasteiger partial charge in [0.2, 0.25) is 0 Å². The highest BCUT2D eigenvalue weighted by Gasteiger charge is 2.24. The molecule has 19 heavy (non-hydrogen) atoms. The molecule has 4 heteroatoms. The minimum atomic E-state index is 0.821. The molecule has 0 amide bonds. The Bertz CT molecular complexity index is 430. The van der Waals surface area contributed by atoms with Crippen molar-refractivity contribution in [2.75, 3.05) is 29.9 Å². The molecule has 1 aromatic rings. The molecule has 0 aliphatic carbocycles. The zero-order valence-corrected chi connectivity index (χ0v) is 12.7. The summed E-state index contributed by atoms with van der Waals surface area (Å²) in [5.41, 5.74) is 1.19. The third-order valence-electron chi connectivity index (χ3n) is 3.94. The minimum absolute atomic E-state index is 0.821. The molecule has 1 atom stereocenters. The molecule has 106 valence electrons. The quantitative estimate of drug-likeness (QED) is 0.885. The Morgan fingerprint density at radius 1 is 1.26 bits per heavy atom. The van der Waals surface area contributed by atoms with Crippen LogP contribution in [0.1, 0.15) is 44.5 Å². The molecule has 1 aliphatic rings. The van der Waals surface area contributed by atoms with Crippen LogP contribution in [0.5, 0.6) is 0 Å². The number of nitrogens with one attached hydrogen (secondary N) is 1. The van der Waals surface area contributed by atoms with Crippen molar-refractivity contribution in [3.8, 4) is 0 Å². The number of nitrogens with zero attached hydrogens (tertiary/aromatic N) is 3. The zero-order valence-electron chi connectivity index (χ0n) is 12.7. The lowest BCUT2D eigenvalue weighted by Crippen LogP contribution is -2.23. The number of aryl methyl sites for hydroxylation is 1. The number of aromatic nitrogens is 2. The van der Waals surface area contributed by atoms with Gasteiger partial charge in [0.25, 0.3) is 0 Å². The predicted molar refractivity (Wildman–Crippen MR) is 80.9 cm³/mol. The summed E-state index contributed by atoms with van der Waals surface area (Å²) in [6.45, 7) is 11.8. The molecule has 2 rings (SSSR count). The Labute approximate surface area is 116 Å². The van der Waals surface area contributed by atoms with Gasteiger partial charge >= 0.3 is 0 Å². The van der Waals surface area contributed by atoms with Crippen LogP contribution in [0.4, 0.5) is 11.6 Å². The van der Waals surface area contributed by atoms with Crippen LogP contribution in [0.3, 0.4) is 0 Å². The van der Waals surface area contributed by atoms with Gasteiger partial charge in [0.15, 0.2) is 0 Å². The van der Waals surface area contributed by atoms with Gasteiger partial charge in [-0.15, -0.1) is 0 Å². The number of anilines is 2. The van der Waals surface area contributed by atoms with Gasteiger partial charge < -0.3 is 10.2 Å². The highest BCUT2D eigenvalue weighted by atomic mass is 15.2. The van der Waals surface area contributed by atoms with Crippen molar-refractivity contribution in [2.24, 2.45) is 5.92 Å². The lowest BCUT2D eigenvalue weighted by atomic mass is 10.1. The summed E-state index contributed by atoms with van der Waals surface area (Å²) >= 11 is 0. The Hall–Kier alpha value is -1.32. The average molecular weight is 262 g/mol. The van der Waals surface area contributed by atoms with E-state index >= 15 is 0 Å². The van der Waals surface area contributed by atoms with Crippen molar-refractivity contribution in [1.82, 2.24) is 9.97 Å². The van der Waals surface area contributed by atoms with E-state index in [1.54, 1.807) is 0 Å². The van der Waals surface area contributed by atoms with Crippen LogP contribution >= 0.6 is 0 Å². The fraction of sp³-hybridized carbons (Fsp3) is 0.733. The van der Waals surface area contributed by atoms with Crippen LogP contribution in [0.25, 0.3) is 0 Å². The molecule has 2 heterocycles. The van der Waals surface area contributed by atoms with E-state index in [1.807, 2.05) is 6.92 Å². The molecule has 4 nitrogen and oxygen atoms in total. The van der Waals surface area contributed by atoms with Crippen molar-refractivity contribution < 1.29 is 0 Å². The van der Waals surface area contributed by atoms with Crippen molar-refractivity contribution in [2.45, 2.75) is 47.0 Å². The SMILES string of the molecule is CCCNc1nc(C)nc(N2CCC(CC)C2)c1C. The normalized spacial score (nSPS) is 18.9. The van der Waals surface area contributed by atoms with E-state index in [0.717, 1.165) is 49.4 Å². The topological polar surface area (TPSA) is 41.1 Å². The first kappa shape index (κ1) is 14.1. The summed E-state index contributed by atoms with van der Waals surface area (Å²) in [6.07, 6.45) is 3.66. The van der Waals surface area contributed by atoms with Gasteiger partial charge in [0.1, 0.15) is 17.5 Å². The second-order valence-electron chi connectivity index (χ2n) is 5.50. The van der Waals surface area contributed by atoms with Crippen LogP contribution in [0.15, 0.2) is 0 Å². The van der Waals surface area contributed by atoms with Gasteiger partial charge in [-0.1, -0.05) is 20.3 Å². The van der Waals surface area contributed by atoms with E-state index in [-0.39, 0.29) is 0 Å². The van der Waals surface area contributed by atoms with E-state index in [1.165, 1.54) is 18.4 Å². The van der Waals surface area contributed by atoms with Gasteiger partial charge in [-0.05, 0) is 32.6 Å². The summed E-state index contributed by atoms with van der Waals surface area (Å²) in [4.78, 5) is 11.6. The lowest BCUT2D eigenvalue weighted by Gasteiger charge is -2.21. The maximum absolute atomic E-state index is 4.67. The van der Waals surface area contributed by atoms with Gasteiger partial charge in [-0.2, -0.15) is 0 Å². The monoisotopic (exact) mass is 262 g/mol. The molecule has 0 radical (unpaired) electrons. The maximum atomic E-state index is 4.67. The second-order valence-corrected chi connectivity index (χ2v) is 5.50. The van der Waals surface area contributed by atoms with E-state index < -0.39 is 0 Å². The van der Waals surface area contributed by atoms with E-state index in [9.17, 15) is 0 Å². The van der Waals surface area contributed by atoms with E-state index in [2.05, 4.69) is 41.0 Å². The average Bonchev–Trinajstić information content (AvgIpc) is 2.88.